The Balaban J connectivity index is 1.85. The molecule has 1 atom stereocenters. The van der Waals surface area contributed by atoms with Crippen LogP contribution in [0.1, 0.15) is 12.0 Å². The Morgan fingerprint density at radius 2 is 2.18 bits per heavy atom. The Bertz CT molecular complexity index is 391. The Kier molecular flexibility index (Phi) is 3.71. The molecule has 0 aliphatic carbocycles. The van der Waals surface area contributed by atoms with Crippen LogP contribution in [0.25, 0.3) is 0 Å². The van der Waals surface area contributed by atoms with E-state index in [4.69, 9.17) is 0 Å². The predicted octanol–water partition coefficient (Wildman–Crippen LogP) is 1.39. The maximum absolute atomic E-state index is 10.5. The zero-order chi connectivity index (χ0) is 12.3. The van der Waals surface area contributed by atoms with Crippen molar-refractivity contribution in [1.82, 2.24) is 10.2 Å². The topological polar surface area (TPSA) is 58.4 Å². The van der Waals surface area contributed by atoms with Crippen LogP contribution in [0.2, 0.25) is 0 Å². The van der Waals surface area contributed by atoms with Gasteiger partial charge in [0.25, 0.3) is 5.69 Å². The van der Waals surface area contributed by atoms with Crippen molar-refractivity contribution in [2.75, 3.05) is 20.1 Å². The van der Waals surface area contributed by atoms with E-state index in [1.54, 1.807) is 12.1 Å². The van der Waals surface area contributed by atoms with Crippen LogP contribution in [-0.2, 0) is 6.54 Å². The highest BCUT2D eigenvalue weighted by molar-refractivity contribution is 5.32. The molecule has 1 fully saturated rings. The van der Waals surface area contributed by atoms with Gasteiger partial charge >= 0.3 is 0 Å². The van der Waals surface area contributed by atoms with E-state index in [1.165, 1.54) is 6.42 Å². The van der Waals surface area contributed by atoms with Crippen molar-refractivity contribution in [2.45, 2.75) is 19.0 Å². The molecule has 1 aliphatic rings. The van der Waals surface area contributed by atoms with E-state index >= 15 is 0 Å². The standard InChI is InChI=1S/C12H17N3O2/c1-14-7-6-11(9-14)13-8-10-2-4-12(5-3-10)15(16)17/h2-5,11,13H,6-9H2,1H3. The summed E-state index contributed by atoms with van der Waals surface area (Å²) >= 11 is 0. The van der Waals surface area contributed by atoms with Crippen LogP contribution in [0.3, 0.4) is 0 Å². The van der Waals surface area contributed by atoms with Crippen molar-refractivity contribution < 1.29 is 4.92 Å². The van der Waals surface area contributed by atoms with Crippen molar-refractivity contribution in [1.29, 1.82) is 0 Å². The fourth-order valence-electron chi connectivity index (χ4n) is 2.10. The zero-order valence-electron chi connectivity index (χ0n) is 9.93. The molecule has 1 heterocycles. The van der Waals surface area contributed by atoms with Gasteiger partial charge in [-0.1, -0.05) is 12.1 Å². The lowest BCUT2D eigenvalue weighted by molar-refractivity contribution is -0.384. The minimum absolute atomic E-state index is 0.148. The fraction of sp³-hybridized carbons (Fsp3) is 0.500. The molecule has 1 aliphatic heterocycles. The molecule has 0 radical (unpaired) electrons. The van der Waals surface area contributed by atoms with Gasteiger partial charge in [0.2, 0.25) is 0 Å². The van der Waals surface area contributed by atoms with E-state index in [0.29, 0.717) is 6.04 Å². The number of likely N-dealkylation sites (tertiary alicyclic amines) is 1. The lowest BCUT2D eigenvalue weighted by Gasteiger charge is -2.12. The van der Waals surface area contributed by atoms with Gasteiger partial charge in [-0.15, -0.1) is 0 Å². The minimum Gasteiger partial charge on any atom is -0.309 e. The van der Waals surface area contributed by atoms with Crippen LogP contribution < -0.4 is 5.32 Å². The van der Waals surface area contributed by atoms with Gasteiger partial charge in [-0.25, -0.2) is 0 Å². The molecule has 17 heavy (non-hydrogen) atoms. The highest BCUT2D eigenvalue weighted by Crippen LogP contribution is 2.12. The highest BCUT2D eigenvalue weighted by Gasteiger charge is 2.18. The molecule has 92 valence electrons. The molecule has 0 aromatic heterocycles. The molecule has 1 saturated heterocycles. The van der Waals surface area contributed by atoms with Crippen molar-refractivity contribution in [3.8, 4) is 0 Å². The summed E-state index contributed by atoms with van der Waals surface area (Å²) in [4.78, 5) is 12.4. The molecule has 1 aromatic rings. The van der Waals surface area contributed by atoms with Crippen molar-refractivity contribution in [3.05, 3.63) is 39.9 Å². The largest absolute Gasteiger partial charge is 0.309 e. The Labute approximate surface area is 101 Å². The summed E-state index contributed by atoms with van der Waals surface area (Å²) < 4.78 is 0. The lowest BCUT2D eigenvalue weighted by atomic mass is 10.2. The van der Waals surface area contributed by atoms with Gasteiger partial charge in [0.05, 0.1) is 4.92 Å². The second-order valence-corrected chi connectivity index (χ2v) is 4.55. The monoisotopic (exact) mass is 235 g/mol. The van der Waals surface area contributed by atoms with Gasteiger partial charge in [0.15, 0.2) is 0 Å². The number of nitrogens with one attached hydrogen (secondary N) is 1. The van der Waals surface area contributed by atoms with Crippen LogP contribution in [0.4, 0.5) is 5.69 Å². The molecular weight excluding hydrogens is 218 g/mol. The van der Waals surface area contributed by atoms with Gasteiger partial charge in [-0.2, -0.15) is 0 Å². The summed E-state index contributed by atoms with van der Waals surface area (Å²) in [6.07, 6.45) is 1.17. The number of hydrogen-bond acceptors (Lipinski definition) is 4. The maximum atomic E-state index is 10.5. The molecule has 1 aromatic carbocycles. The molecule has 1 N–H and O–H groups in total. The Hall–Kier alpha value is -1.46. The second kappa shape index (κ2) is 5.25. The minimum atomic E-state index is -0.372. The molecule has 0 amide bonds. The molecule has 5 heteroatoms. The molecule has 2 rings (SSSR count). The normalized spacial score (nSPS) is 20.6. The van der Waals surface area contributed by atoms with Crippen molar-refractivity contribution in [2.24, 2.45) is 0 Å². The fourth-order valence-corrected chi connectivity index (χ4v) is 2.10. The predicted molar refractivity (Wildman–Crippen MR) is 65.8 cm³/mol. The van der Waals surface area contributed by atoms with Gasteiger partial charge in [0, 0.05) is 31.3 Å². The van der Waals surface area contributed by atoms with Gasteiger partial charge < -0.3 is 10.2 Å². The average molecular weight is 235 g/mol. The number of non-ortho nitro benzene ring substituents is 1. The second-order valence-electron chi connectivity index (χ2n) is 4.55. The van der Waals surface area contributed by atoms with Crippen LogP contribution in [0.5, 0.6) is 0 Å². The van der Waals surface area contributed by atoms with E-state index in [1.807, 2.05) is 12.1 Å². The highest BCUT2D eigenvalue weighted by atomic mass is 16.6. The molecule has 1 unspecified atom stereocenters. The first-order chi connectivity index (χ1) is 8.15. The smallest absolute Gasteiger partial charge is 0.269 e. The number of nitrogens with zero attached hydrogens (tertiary/aromatic N) is 2. The van der Waals surface area contributed by atoms with Crippen molar-refractivity contribution >= 4 is 5.69 Å². The maximum Gasteiger partial charge on any atom is 0.269 e. The van der Waals surface area contributed by atoms with Crippen LogP contribution >= 0.6 is 0 Å². The van der Waals surface area contributed by atoms with Crippen LogP contribution in [0, 0.1) is 10.1 Å². The van der Waals surface area contributed by atoms with Crippen LogP contribution in [-0.4, -0.2) is 36.0 Å². The van der Waals surface area contributed by atoms with Crippen molar-refractivity contribution in [3.63, 3.8) is 0 Å². The molecule has 5 nitrogen and oxygen atoms in total. The number of likely N-dealkylation sites (N-methyl/N-ethyl adjacent to an activating group) is 1. The summed E-state index contributed by atoms with van der Waals surface area (Å²) in [7, 11) is 2.12. The summed E-state index contributed by atoms with van der Waals surface area (Å²) in [6, 6.07) is 7.26. The summed E-state index contributed by atoms with van der Waals surface area (Å²) in [6.45, 7) is 2.99. The van der Waals surface area contributed by atoms with E-state index in [2.05, 4.69) is 17.3 Å². The lowest BCUT2D eigenvalue weighted by Crippen LogP contribution is -2.30. The third-order valence-electron chi connectivity index (χ3n) is 3.13. The van der Waals surface area contributed by atoms with Gasteiger partial charge in [-0.3, -0.25) is 10.1 Å². The van der Waals surface area contributed by atoms with E-state index < -0.39 is 0 Å². The Morgan fingerprint density at radius 3 is 2.71 bits per heavy atom. The van der Waals surface area contributed by atoms with Gasteiger partial charge in [-0.05, 0) is 25.6 Å². The molecule has 0 bridgehead atoms. The first-order valence-electron chi connectivity index (χ1n) is 5.80. The summed E-state index contributed by atoms with van der Waals surface area (Å²) in [5, 5.41) is 14.0. The van der Waals surface area contributed by atoms with E-state index in [9.17, 15) is 10.1 Å². The third-order valence-corrected chi connectivity index (χ3v) is 3.13. The zero-order valence-corrected chi connectivity index (χ0v) is 9.93. The third kappa shape index (κ3) is 3.25. The molecule has 0 saturated carbocycles. The summed E-state index contributed by atoms with van der Waals surface area (Å²) in [5.41, 5.74) is 1.24. The van der Waals surface area contributed by atoms with E-state index in [0.717, 1.165) is 25.2 Å². The first kappa shape index (κ1) is 12.0. The first-order valence-corrected chi connectivity index (χ1v) is 5.80. The molecule has 0 spiro atoms. The number of benzene rings is 1. The molecular formula is C12H17N3O2. The summed E-state index contributed by atoms with van der Waals surface area (Å²) in [5.74, 6) is 0. The number of nitro benzene ring substituents is 1. The Morgan fingerprint density at radius 1 is 1.47 bits per heavy atom. The SMILES string of the molecule is CN1CCC(NCc2ccc([N+](=O)[O-])cc2)C1. The van der Waals surface area contributed by atoms with Gasteiger partial charge in [0.1, 0.15) is 0 Å². The quantitative estimate of drug-likeness (QED) is 0.633. The number of nitro groups is 1. The number of rotatable bonds is 4. The number of hydrogen-bond donors (Lipinski definition) is 1. The van der Waals surface area contributed by atoms with Crippen LogP contribution in [0.15, 0.2) is 24.3 Å². The average Bonchev–Trinajstić information content (AvgIpc) is 2.73. The van der Waals surface area contributed by atoms with E-state index in [-0.39, 0.29) is 10.6 Å².